The first-order chi connectivity index (χ1) is 20.7. The summed E-state index contributed by atoms with van der Waals surface area (Å²) in [6.45, 7) is 11.8. The van der Waals surface area contributed by atoms with Crippen LogP contribution in [0.5, 0.6) is 0 Å². The smallest absolute Gasteiger partial charge is 0.159 e. The fraction of sp³-hybridized carbons (Fsp3) is 0.606. The molecule has 1 N–H and O–H groups in total. The van der Waals surface area contributed by atoms with E-state index in [0.29, 0.717) is 31.2 Å². The maximum absolute atomic E-state index is 13.5. The second-order valence-corrected chi connectivity index (χ2v) is 12.6. The lowest BCUT2D eigenvalue weighted by Crippen LogP contribution is -2.63. The summed E-state index contributed by atoms with van der Waals surface area (Å²) in [5, 5.41) is 10.8. The molecule has 1 aromatic heterocycles. The van der Waals surface area contributed by atoms with Crippen LogP contribution in [0, 0.1) is 34.3 Å². The van der Waals surface area contributed by atoms with Gasteiger partial charge in [-0.1, -0.05) is 13.0 Å². The number of benzene rings is 1. The highest BCUT2D eigenvalue weighted by molar-refractivity contribution is 5.74. The Morgan fingerprint density at radius 3 is 2.67 bits per heavy atom. The first-order valence-corrected chi connectivity index (χ1v) is 15.6. The first-order valence-electron chi connectivity index (χ1n) is 15.6. The second kappa shape index (κ2) is 13.7. The summed E-state index contributed by atoms with van der Waals surface area (Å²) < 4.78 is 32.8. The molecule has 43 heavy (non-hydrogen) atoms. The van der Waals surface area contributed by atoms with Crippen LogP contribution in [0.3, 0.4) is 0 Å². The minimum atomic E-state index is -0.843. The SMILES string of the molecule is CCC(/C=N\CC1(CC#N)CN(C2CCN(C(C)C(C)OCc3ccc(F)c(F)c3)CC2)C1)C1=c2cc[nH]c2=NCN1C. The molecule has 10 heteroatoms. The molecule has 1 aromatic carbocycles. The van der Waals surface area contributed by atoms with E-state index in [1.54, 1.807) is 6.07 Å². The second-order valence-electron chi connectivity index (χ2n) is 12.6. The van der Waals surface area contributed by atoms with Crippen molar-refractivity contribution in [3.8, 4) is 6.07 Å². The van der Waals surface area contributed by atoms with Gasteiger partial charge in [-0.05, 0) is 56.9 Å². The lowest BCUT2D eigenvalue weighted by Gasteiger charge is -2.54. The van der Waals surface area contributed by atoms with E-state index in [2.05, 4.69) is 63.9 Å². The number of likely N-dealkylation sites (tertiary alicyclic amines) is 2. The number of hydrogen-bond donors (Lipinski definition) is 1. The van der Waals surface area contributed by atoms with Crippen molar-refractivity contribution in [3.05, 3.63) is 58.4 Å². The largest absolute Gasteiger partial charge is 0.372 e. The molecule has 2 fully saturated rings. The summed E-state index contributed by atoms with van der Waals surface area (Å²) in [4.78, 5) is 20.0. The lowest BCUT2D eigenvalue weighted by atomic mass is 9.75. The normalized spacial score (nSPS) is 21.6. The number of hydrogen-bond acceptors (Lipinski definition) is 7. The molecule has 3 aliphatic rings. The van der Waals surface area contributed by atoms with E-state index < -0.39 is 11.6 Å². The molecular weight excluding hydrogens is 548 g/mol. The predicted octanol–water partition coefficient (Wildman–Crippen LogP) is 3.69. The standard InChI is InChI=1S/C33H45F2N7O/c1-5-26(31-28-8-13-38-32(28)39-22-40(31)4)17-37-19-33(11-12-36)20-42(21-33)27-9-14-41(15-10-27)23(2)24(3)43-18-25-6-7-29(34)30(35)16-25/h6-8,13,16-17,23-24,26-27H,5,9-11,14-15,18-22H2,1-4H3,(H,38,39)/b37-17-. The van der Waals surface area contributed by atoms with Gasteiger partial charge in [0.05, 0.1) is 18.8 Å². The Morgan fingerprint density at radius 1 is 1.21 bits per heavy atom. The number of ether oxygens (including phenoxy) is 1. The maximum atomic E-state index is 13.5. The Labute approximate surface area is 253 Å². The van der Waals surface area contributed by atoms with E-state index in [9.17, 15) is 14.0 Å². The van der Waals surface area contributed by atoms with Gasteiger partial charge in [0.1, 0.15) is 12.2 Å². The highest BCUT2D eigenvalue weighted by Gasteiger charge is 2.46. The van der Waals surface area contributed by atoms with Crippen molar-refractivity contribution >= 4 is 11.9 Å². The number of nitrogens with one attached hydrogen (secondary N) is 1. The molecule has 3 unspecified atom stereocenters. The van der Waals surface area contributed by atoms with E-state index in [1.165, 1.54) is 11.8 Å². The molecule has 5 rings (SSSR count). The Kier molecular flexibility index (Phi) is 9.95. The van der Waals surface area contributed by atoms with Gasteiger partial charge in [-0.15, -0.1) is 0 Å². The van der Waals surface area contributed by atoms with Crippen molar-refractivity contribution in [1.82, 2.24) is 19.7 Å². The van der Waals surface area contributed by atoms with Crippen molar-refractivity contribution in [3.63, 3.8) is 0 Å². The fourth-order valence-electron chi connectivity index (χ4n) is 6.84. The molecule has 0 bridgehead atoms. The lowest BCUT2D eigenvalue weighted by molar-refractivity contribution is -0.0564. The van der Waals surface area contributed by atoms with Crippen LogP contribution in [-0.4, -0.2) is 90.5 Å². The Morgan fingerprint density at radius 2 is 1.98 bits per heavy atom. The van der Waals surface area contributed by atoms with Crippen LogP contribution in [0.25, 0.3) is 5.70 Å². The summed E-state index contributed by atoms with van der Waals surface area (Å²) in [7, 11) is 2.09. The summed E-state index contributed by atoms with van der Waals surface area (Å²) in [6.07, 6.45) is 7.66. The van der Waals surface area contributed by atoms with E-state index >= 15 is 0 Å². The van der Waals surface area contributed by atoms with Crippen molar-refractivity contribution in [1.29, 1.82) is 5.26 Å². The maximum Gasteiger partial charge on any atom is 0.159 e. The average molecular weight is 594 g/mol. The van der Waals surface area contributed by atoms with Crippen LogP contribution in [0.4, 0.5) is 8.78 Å². The van der Waals surface area contributed by atoms with Gasteiger partial charge in [0, 0.05) is 92.9 Å². The quantitative estimate of drug-likeness (QED) is 0.380. The molecule has 232 valence electrons. The van der Waals surface area contributed by atoms with Crippen LogP contribution in [0.1, 0.15) is 52.0 Å². The number of nitrogens with zero attached hydrogens (tertiary/aromatic N) is 6. The van der Waals surface area contributed by atoms with Crippen molar-refractivity contribution in [2.24, 2.45) is 21.3 Å². The highest BCUT2D eigenvalue weighted by atomic mass is 19.2. The zero-order valence-electron chi connectivity index (χ0n) is 25.9. The van der Waals surface area contributed by atoms with E-state index in [0.717, 1.165) is 62.2 Å². The van der Waals surface area contributed by atoms with Gasteiger partial charge in [-0.25, -0.2) is 13.8 Å². The van der Waals surface area contributed by atoms with Gasteiger partial charge in [0.15, 0.2) is 11.6 Å². The fourth-order valence-corrected chi connectivity index (χ4v) is 6.84. The molecule has 0 amide bonds. The molecule has 3 atom stereocenters. The molecule has 0 spiro atoms. The Balaban J connectivity index is 1.10. The number of aromatic nitrogens is 1. The van der Waals surface area contributed by atoms with Crippen LogP contribution < -0.4 is 10.7 Å². The summed E-state index contributed by atoms with van der Waals surface area (Å²) in [5.41, 5.74) is 2.76. The molecule has 8 nitrogen and oxygen atoms in total. The van der Waals surface area contributed by atoms with E-state index in [1.807, 2.05) is 13.1 Å². The van der Waals surface area contributed by atoms with Gasteiger partial charge in [-0.2, -0.15) is 5.26 Å². The van der Waals surface area contributed by atoms with Gasteiger partial charge in [-0.3, -0.25) is 14.8 Å². The van der Waals surface area contributed by atoms with Crippen LogP contribution >= 0.6 is 0 Å². The topological polar surface area (TPSA) is 83.2 Å². The van der Waals surface area contributed by atoms with Gasteiger partial charge < -0.3 is 14.6 Å². The third-order valence-electron chi connectivity index (χ3n) is 9.66. The Bertz CT molecular complexity index is 1440. The summed E-state index contributed by atoms with van der Waals surface area (Å²) >= 11 is 0. The molecule has 2 aromatic rings. The molecule has 0 radical (unpaired) electrons. The molecule has 3 aliphatic heterocycles. The third kappa shape index (κ3) is 7.00. The third-order valence-corrected chi connectivity index (χ3v) is 9.66. The number of rotatable bonds is 12. The number of nitriles is 1. The zero-order valence-corrected chi connectivity index (χ0v) is 25.9. The molecular formula is C33H45F2N7O. The minimum Gasteiger partial charge on any atom is -0.372 e. The molecule has 2 saturated heterocycles. The monoisotopic (exact) mass is 593 g/mol. The minimum absolute atomic E-state index is 0.0356. The van der Waals surface area contributed by atoms with Crippen molar-refractivity contribution in [2.75, 3.05) is 46.4 Å². The molecule has 0 aliphatic carbocycles. The predicted molar refractivity (Wildman–Crippen MR) is 164 cm³/mol. The number of aliphatic imine (C=N–C) groups is 1. The molecule has 0 saturated carbocycles. The van der Waals surface area contributed by atoms with Crippen molar-refractivity contribution in [2.45, 2.75) is 71.2 Å². The van der Waals surface area contributed by atoms with Crippen molar-refractivity contribution < 1.29 is 13.5 Å². The van der Waals surface area contributed by atoms with Crippen LogP contribution in [0.2, 0.25) is 0 Å². The first kappa shape index (κ1) is 31.3. The summed E-state index contributed by atoms with van der Waals surface area (Å²) in [6, 6.07) is 9.18. The zero-order chi connectivity index (χ0) is 30.6. The number of halogens is 2. The van der Waals surface area contributed by atoms with E-state index in [-0.39, 0.29) is 30.1 Å². The van der Waals surface area contributed by atoms with Gasteiger partial charge in [0.25, 0.3) is 0 Å². The van der Waals surface area contributed by atoms with Gasteiger partial charge in [0.2, 0.25) is 0 Å². The van der Waals surface area contributed by atoms with Crippen LogP contribution in [-0.2, 0) is 11.3 Å². The number of piperidine rings is 1. The van der Waals surface area contributed by atoms with Gasteiger partial charge >= 0.3 is 0 Å². The van der Waals surface area contributed by atoms with Crippen LogP contribution in [0.15, 0.2) is 40.4 Å². The number of aromatic amines is 1. The number of H-pyrrole nitrogens is 1. The average Bonchev–Trinajstić information content (AvgIpc) is 3.47. The Hall–Kier alpha value is -3.13. The summed E-state index contributed by atoms with van der Waals surface area (Å²) in [5.74, 6) is -1.48. The highest BCUT2D eigenvalue weighted by Crippen LogP contribution is 2.38. The van der Waals surface area contributed by atoms with E-state index in [4.69, 9.17) is 9.73 Å². The number of fused-ring (bicyclic) bond motifs is 1. The molecule has 4 heterocycles.